The Hall–Kier alpha value is -1.11. The molecular weight excluding hydrogens is 276 g/mol. The molecule has 1 aromatic carbocycles. The van der Waals surface area contributed by atoms with E-state index in [0.29, 0.717) is 19.4 Å². The predicted octanol–water partition coefficient (Wildman–Crippen LogP) is 1.16. The Bertz CT molecular complexity index is 489. The van der Waals surface area contributed by atoms with Crippen molar-refractivity contribution < 1.29 is 13.2 Å². The molecule has 0 heterocycles. The first kappa shape index (κ1) is 16.9. The van der Waals surface area contributed by atoms with Crippen molar-refractivity contribution >= 4 is 10.0 Å². The highest BCUT2D eigenvalue weighted by Gasteiger charge is 2.09. The second kappa shape index (κ2) is 8.94. The lowest BCUT2D eigenvalue weighted by molar-refractivity contribution is 0.409. The van der Waals surface area contributed by atoms with Gasteiger partial charge < -0.3 is 10.1 Å². The van der Waals surface area contributed by atoms with Gasteiger partial charge in [-0.05, 0) is 37.6 Å². The summed E-state index contributed by atoms with van der Waals surface area (Å²) in [5.74, 6) is 0.949. The molecule has 1 rings (SSSR count). The van der Waals surface area contributed by atoms with Gasteiger partial charge in [-0.1, -0.05) is 25.1 Å². The lowest BCUT2D eigenvalue weighted by atomic mass is 10.1. The fourth-order valence-electron chi connectivity index (χ4n) is 1.89. The molecule has 0 aliphatic rings. The lowest BCUT2D eigenvalue weighted by Gasteiger charge is -2.09. The minimum absolute atomic E-state index is 0.159. The molecule has 0 aliphatic carbocycles. The highest BCUT2D eigenvalue weighted by molar-refractivity contribution is 7.89. The Morgan fingerprint density at radius 1 is 1.20 bits per heavy atom. The van der Waals surface area contributed by atoms with Gasteiger partial charge in [0, 0.05) is 6.54 Å². The summed E-state index contributed by atoms with van der Waals surface area (Å²) in [6.45, 7) is 3.98. The van der Waals surface area contributed by atoms with Crippen LogP contribution in [-0.2, 0) is 16.4 Å². The number of para-hydroxylation sites is 1. The Balaban J connectivity index is 2.35. The van der Waals surface area contributed by atoms with Crippen LogP contribution >= 0.6 is 0 Å². The van der Waals surface area contributed by atoms with Crippen LogP contribution in [0, 0.1) is 0 Å². The molecule has 0 amide bonds. The van der Waals surface area contributed by atoms with E-state index in [1.807, 2.05) is 31.2 Å². The molecule has 6 heteroatoms. The minimum atomic E-state index is -3.18. The van der Waals surface area contributed by atoms with Gasteiger partial charge in [0.2, 0.25) is 10.0 Å². The largest absolute Gasteiger partial charge is 0.496 e. The van der Waals surface area contributed by atoms with Crippen molar-refractivity contribution in [1.29, 1.82) is 0 Å². The molecule has 0 atom stereocenters. The van der Waals surface area contributed by atoms with E-state index >= 15 is 0 Å². The van der Waals surface area contributed by atoms with Gasteiger partial charge in [0.1, 0.15) is 5.75 Å². The number of hydrogen-bond donors (Lipinski definition) is 2. The highest BCUT2D eigenvalue weighted by Crippen LogP contribution is 2.17. The van der Waals surface area contributed by atoms with Gasteiger partial charge in [-0.15, -0.1) is 0 Å². The molecule has 1 aromatic rings. The molecule has 0 saturated carbocycles. The average molecular weight is 300 g/mol. The summed E-state index contributed by atoms with van der Waals surface area (Å²) in [5.41, 5.74) is 1.00. The topological polar surface area (TPSA) is 67.4 Å². The van der Waals surface area contributed by atoms with E-state index in [9.17, 15) is 8.42 Å². The second-order valence-corrected chi connectivity index (χ2v) is 6.41. The van der Waals surface area contributed by atoms with Crippen molar-refractivity contribution in [3.63, 3.8) is 0 Å². The summed E-state index contributed by atoms with van der Waals surface area (Å²) in [6, 6.07) is 7.63. The summed E-state index contributed by atoms with van der Waals surface area (Å²) in [4.78, 5) is 0. The van der Waals surface area contributed by atoms with Crippen LogP contribution in [0.2, 0.25) is 0 Å². The van der Waals surface area contributed by atoms with Crippen molar-refractivity contribution in [2.45, 2.75) is 19.8 Å². The van der Waals surface area contributed by atoms with E-state index in [0.717, 1.165) is 24.4 Å². The first-order valence-corrected chi connectivity index (χ1v) is 8.54. The molecule has 0 aromatic heterocycles. The molecule has 20 heavy (non-hydrogen) atoms. The Labute approximate surface area is 121 Å². The van der Waals surface area contributed by atoms with Crippen LogP contribution in [0.25, 0.3) is 0 Å². The van der Waals surface area contributed by atoms with Gasteiger partial charge >= 0.3 is 0 Å². The van der Waals surface area contributed by atoms with E-state index in [-0.39, 0.29) is 5.75 Å². The first-order chi connectivity index (χ1) is 9.59. The molecule has 2 N–H and O–H groups in total. The van der Waals surface area contributed by atoms with Crippen LogP contribution in [0.15, 0.2) is 24.3 Å². The summed E-state index contributed by atoms with van der Waals surface area (Å²) in [7, 11) is -1.57. The number of rotatable bonds is 10. The number of sulfonamides is 1. The third kappa shape index (κ3) is 6.36. The van der Waals surface area contributed by atoms with E-state index in [1.54, 1.807) is 7.11 Å². The van der Waals surface area contributed by atoms with Crippen molar-refractivity contribution in [3.8, 4) is 5.75 Å². The highest BCUT2D eigenvalue weighted by atomic mass is 32.2. The normalized spacial score (nSPS) is 11.5. The Kier molecular flexibility index (Phi) is 7.58. The smallest absolute Gasteiger partial charge is 0.211 e. The fraction of sp³-hybridized carbons (Fsp3) is 0.571. The lowest BCUT2D eigenvalue weighted by Crippen LogP contribution is -2.30. The number of benzene rings is 1. The minimum Gasteiger partial charge on any atom is -0.496 e. The summed E-state index contributed by atoms with van der Waals surface area (Å²) >= 11 is 0. The van der Waals surface area contributed by atoms with E-state index in [4.69, 9.17) is 4.74 Å². The van der Waals surface area contributed by atoms with E-state index < -0.39 is 10.0 Å². The quantitative estimate of drug-likeness (QED) is 0.636. The van der Waals surface area contributed by atoms with Gasteiger partial charge in [0.15, 0.2) is 0 Å². The summed E-state index contributed by atoms with van der Waals surface area (Å²) in [6.07, 6.45) is 1.24. The Morgan fingerprint density at radius 2 is 1.95 bits per heavy atom. The molecule has 0 radical (unpaired) electrons. The first-order valence-electron chi connectivity index (χ1n) is 6.89. The second-order valence-electron chi connectivity index (χ2n) is 4.48. The maximum absolute atomic E-state index is 11.8. The van der Waals surface area contributed by atoms with Gasteiger partial charge in [0.25, 0.3) is 0 Å². The average Bonchev–Trinajstić information content (AvgIpc) is 2.44. The monoisotopic (exact) mass is 300 g/mol. The molecule has 0 fully saturated rings. The molecule has 114 valence electrons. The summed E-state index contributed by atoms with van der Waals surface area (Å²) in [5, 5.41) is 3.11. The number of methoxy groups -OCH3 is 1. The van der Waals surface area contributed by atoms with E-state index in [2.05, 4.69) is 10.0 Å². The van der Waals surface area contributed by atoms with Crippen LogP contribution in [0.5, 0.6) is 5.75 Å². The number of nitrogens with one attached hydrogen (secondary N) is 2. The molecule has 5 nitrogen and oxygen atoms in total. The fourth-order valence-corrected chi connectivity index (χ4v) is 2.97. The van der Waals surface area contributed by atoms with Gasteiger partial charge in [-0.2, -0.15) is 0 Å². The molecular formula is C14H24N2O3S. The van der Waals surface area contributed by atoms with Crippen molar-refractivity contribution in [2.75, 3.05) is 32.5 Å². The van der Waals surface area contributed by atoms with Crippen LogP contribution in [0.1, 0.15) is 18.9 Å². The third-order valence-corrected chi connectivity index (χ3v) is 4.40. The van der Waals surface area contributed by atoms with Crippen LogP contribution in [-0.4, -0.2) is 40.9 Å². The molecule has 0 aliphatic heterocycles. The van der Waals surface area contributed by atoms with Crippen molar-refractivity contribution in [3.05, 3.63) is 29.8 Å². The zero-order valence-electron chi connectivity index (χ0n) is 12.2. The van der Waals surface area contributed by atoms with Gasteiger partial charge in [0.05, 0.1) is 12.9 Å². The molecule has 0 saturated heterocycles. The summed E-state index contributed by atoms with van der Waals surface area (Å²) < 4.78 is 31.4. The SMILES string of the molecule is CCNCCCS(=O)(=O)NCCc1ccccc1OC. The van der Waals surface area contributed by atoms with E-state index in [1.165, 1.54) is 0 Å². The Morgan fingerprint density at radius 3 is 2.65 bits per heavy atom. The van der Waals surface area contributed by atoms with Crippen molar-refractivity contribution in [2.24, 2.45) is 0 Å². The van der Waals surface area contributed by atoms with Crippen molar-refractivity contribution in [1.82, 2.24) is 10.0 Å². The van der Waals surface area contributed by atoms with Crippen LogP contribution in [0.4, 0.5) is 0 Å². The molecule has 0 spiro atoms. The maximum Gasteiger partial charge on any atom is 0.211 e. The zero-order chi connectivity index (χ0) is 14.8. The van der Waals surface area contributed by atoms with Crippen LogP contribution in [0.3, 0.4) is 0 Å². The number of ether oxygens (including phenoxy) is 1. The number of hydrogen-bond acceptors (Lipinski definition) is 4. The predicted molar refractivity (Wildman–Crippen MR) is 81.6 cm³/mol. The molecule has 0 unspecified atom stereocenters. The zero-order valence-corrected chi connectivity index (χ0v) is 13.0. The van der Waals surface area contributed by atoms with Gasteiger partial charge in [-0.3, -0.25) is 0 Å². The molecule has 0 bridgehead atoms. The third-order valence-electron chi connectivity index (χ3n) is 2.93. The standard InChI is InChI=1S/C14H24N2O3S/c1-3-15-10-6-12-20(17,18)16-11-9-13-7-4-5-8-14(13)19-2/h4-5,7-8,15-16H,3,6,9-12H2,1-2H3. The van der Waals surface area contributed by atoms with Gasteiger partial charge in [-0.25, -0.2) is 13.1 Å². The maximum atomic E-state index is 11.8. The van der Waals surface area contributed by atoms with Crippen LogP contribution < -0.4 is 14.8 Å².